The number of nitrogens with one attached hydrogen (secondary N) is 1. The van der Waals surface area contributed by atoms with Gasteiger partial charge in [0.1, 0.15) is 0 Å². The van der Waals surface area contributed by atoms with Crippen molar-refractivity contribution in [2.24, 2.45) is 5.92 Å². The van der Waals surface area contributed by atoms with E-state index in [9.17, 15) is 13.2 Å². The van der Waals surface area contributed by atoms with Crippen LogP contribution in [-0.2, 0) is 15.0 Å². The molecule has 0 aromatic carbocycles. The van der Waals surface area contributed by atoms with Gasteiger partial charge < -0.3 is 10.2 Å². The number of hydrogen-bond acceptors (Lipinski definition) is 4. The molecule has 21 heavy (non-hydrogen) atoms. The summed E-state index contributed by atoms with van der Waals surface area (Å²) in [4.78, 5) is 14.3. The summed E-state index contributed by atoms with van der Waals surface area (Å²) < 4.78 is 26.8. The molecule has 1 N–H and O–H groups in total. The van der Waals surface area contributed by atoms with Crippen LogP contribution >= 0.6 is 0 Å². The van der Waals surface area contributed by atoms with E-state index >= 15 is 0 Å². The molecule has 0 aliphatic carbocycles. The highest BCUT2D eigenvalue weighted by Gasteiger charge is 2.33. The standard InChI is InChI=1S/C13H26N4O3S/c1-11-10-12(4-5-14-11)13(18)16-6-8-17(9-7-16)21(19,20)15(2)3/h11-12,14H,4-10H2,1-3H3. The number of hydrogen-bond donors (Lipinski definition) is 1. The Hall–Kier alpha value is -0.700. The van der Waals surface area contributed by atoms with Crippen molar-refractivity contribution < 1.29 is 13.2 Å². The molecule has 7 nitrogen and oxygen atoms in total. The molecule has 8 heteroatoms. The minimum absolute atomic E-state index is 0.0817. The van der Waals surface area contributed by atoms with Gasteiger partial charge in [-0.25, -0.2) is 0 Å². The van der Waals surface area contributed by atoms with Gasteiger partial charge in [0.25, 0.3) is 10.2 Å². The van der Waals surface area contributed by atoms with E-state index in [4.69, 9.17) is 0 Å². The Balaban J connectivity index is 1.90. The summed E-state index contributed by atoms with van der Waals surface area (Å²) in [5.41, 5.74) is 0. The van der Waals surface area contributed by atoms with Gasteiger partial charge in [-0.3, -0.25) is 4.79 Å². The van der Waals surface area contributed by atoms with E-state index in [2.05, 4.69) is 12.2 Å². The topological polar surface area (TPSA) is 73.0 Å². The maximum absolute atomic E-state index is 12.5. The predicted molar refractivity (Wildman–Crippen MR) is 80.9 cm³/mol. The molecule has 2 unspecified atom stereocenters. The molecule has 2 heterocycles. The maximum atomic E-state index is 12.5. The van der Waals surface area contributed by atoms with Crippen LogP contribution in [0.3, 0.4) is 0 Å². The summed E-state index contributed by atoms with van der Waals surface area (Å²) in [5.74, 6) is 0.267. The fraction of sp³-hybridized carbons (Fsp3) is 0.923. The van der Waals surface area contributed by atoms with Crippen molar-refractivity contribution in [2.75, 3.05) is 46.8 Å². The fourth-order valence-electron chi connectivity index (χ4n) is 2.98. The van der Waals surface area contributed by atoms with E-state index in [1.165, 1.54) is 22.7 Å². The molecule has 0 aromatic heterocycles. The van der Waals surface area contributed by atoms with Crippen molar-refractivity contribution >= 4 is 16.1 Å². The summed E-state index contributed by atoms with van der Waals surface area (Å²) in [5, 5.41) is 3.35. The molecule has 122 valence electrons. The van der Waals surface area contributed by atoms with Crippen LogP contribution in [0, 0.1) is 5.92 Å². The normalized spacial score (nSPS) is 28.9. The third-order valence-electron chi connectivity index (χ3n) is 4.31. The molecule has 2 aliphatic rings. The van der Waals surface area contributed by atoms with Crippen molar-refractivity contribution in [2.45, 2.75) is 25.8 Å². The maximum Gasteiger partial charge on any atom is 0.281 e. The number of rotatable bonds is 3. The van der Waals surface area contributed by atoms with E-state index in [1.54, 1.807) is 0 Å². The van der Waals surface area contributed by atoms with Gasteiger partial charge in [-0.05, 0) is 26.3 Å². The molecule has 0 saturated carbocycles. The molecule has 2 rings (SSSR count). The smallest absolute Gasteiger partial charge is 0.281 e. The summed E-state index contributed by atoms with van der Waals surface area (Å²) in [6, 6.07) is 0.378. The summed E-state index contributed by atoms with van der Waals surface area (Å²) in [6.07, 6.45) is 1.74. The van der Waals surface area contributed by atoms with Crippen LogP contribution in [0.5, 0.6) is 0 Å². The number of piperidine rings is 1. The van der Waals surface area contributed by atoms with Gasteiger partial charge in [-0.1, -0.05) is 0 Å². The van der Waals surface area contributed by atoms with Crippen LogP contribution in [0.15, 0.2) is 0 Å². The van der Waals surface area contributed by atoms with Crippen molar-refractivity contribution in [1.29, 1.82) is 0 Å². The second-order valence-electron chi connectivity index (χ2n) is 6.09. The van der Waals surface area contributed by atoms with E-state index in [-0.39, 0.29) is 11.8 Å². The number of amides is 1. The van der Waals surface area contributed by atoms with E-state index < -0.39 is 10.2 Å². The summed E-state index contributed by atoms with van der Waals surface area (Å²) in [7, 11) is -0.302. The number of piperazine rings is 1. The van der Waals surface area contributed by atoms with E-state index in [0.717, 1.165) is 19.4 Å². The largest absolute Gasteiger partial charge is 0.340 e. The van der Waals surface area contributed by atoms with E-state index in [1.807, 2.05) is 4.90 Å². The van der Waals surface area contributed by atoms with Crippen LogP contribution in [-0.4, -0.2) is 80.7 Å². The number of carbonyl (C=O) groups excluding carboxylic acids is 1. The summed E-state index contributed by atoms with van der Waals surface area (Å²) in [6.45, 7) is 4.72. The van der Waals surface area contributed by atoms with Crippen molar-refractivity contribution in [3.8, 4) is 0 Å². The zero-order valence-electron chi connectivity index (χ0n) is 13.1. The minimum atomic E-state index is -3.36. The quantitative estimate of drug-likeness (QED) is 0.749. The second kappa shape index (κ2) is 6.60. The Bertz CT molecular complexity index is 472. The molecule has 2 atom stereocenters. The van der Waals surface area contributed by atoms with Crippen LogP contribution in [0.2, 0.25) is 0 Å². The summed E-state index contributed by atoms with van der Waals surface area (Å²) >= 11 is 0. The first-order chi connectivity index (χ1) is 9.82. The van der Waals surface area contributed by atoms with Gasteiger partial charge in [0.15, 0.2) is 0 Å². The van der Waals surface area contributed by atoms with Gasteiger partial charge in [-0.2, -0.15) is 17.0 Å². The monoisotopic (exact) mass is 318 g/mol. The zero-order valence-corrected chi connectivity index (χ0v) is 13.9. The Labute approximate surface area is 127 Å². The molecule has 2 aliphatic heterocycles. The fourth-order valence-corrected chi connectivity index (χ4v) is 4.07. The Morgan fingerprint density at radius 2 is 1.81 bits per heavy atom. The third-order valence-corrected chi connectivity index (χ3v) is 6.25. The molecule has 1 amide bonds. The SMILES string of the molecule is CC1CC(C(=O)N2CCN(S(=O)(=O)N(C)C)CC2)CCN1. The average molecular weight is 318 g/mol. The lowest BCUT2D eigenvalue weighted by atomic mass is 9.92. The molecular weight excluding hydrogens is 292 g/mol. The van der Waals surface area contributed by atoms with Crippen LogP contribution < -0.4 is 5.32 Å². The van der Waals surface area contributed by atoms with E-state index in [0.29, 0.717) is 32.2 Å². The molecule has 0 aromatic rings. The Morgan fingerprint density at radius 1 is 1.19 bits per heavy atom. The molecule has 2 saturated heterocycles. The van der Waals surface area contributed by atoms with Crippen LogP contribution in [0.1, 0.15) is 19.8 Å². The lowest BCUT2D eigenvalue weighted by molar-refractivity contribution is -0.137. The number of nitrogens with zero attached hydrogens (tertiary/aromatic N) is 3. The Morgan fingerprint density at radius 3 is 2.33 bits per heavy atom. The highest BCUT2D eigenvalue weighted by molar-refractivity contribution is 7.86. The highest BCUT2D eigenvalue weighted by Crippen LogP contribution is 2.20. The highest BCUT2D eigenvalue weighted by atomic mass is 32.2. The molecule has 0 bridgehead atoms. The van der Waals surface area contributed by atoms with Crippen molar-refractivity contribution in [3.05, 3.63) is 0 Å². The minimum Gasteiger partial charge on any atom is -0.340 e. The first-order valence-corrected chi connectivity index (χ1v) is 8.92. The van der Waals surface area contributed by atoms with Gasteiger partial charge in [0.2, 0.25) is 5.91 Å². The van der Waals surface area contributed by atoms with Gasteiger partial charge in [0.05, 0.1) is 0 Å². The molecule has 0 spiro atoms. The van der Waals surface area contributed by atoms with Gasteiger partial charge in [-0.15, -0.1) is 0 Å². The number of carbonyl (C=O) groups is 1. The Kier molecular flexibility index (Phi) is 5.24. The molecular formula is C13H26N4O3S. The van der Waals surface area contributed by atoms with Gasteiger partial charge >= 0.3 is 0 Å². The van der Waals surface area contributed by atoms with Crippen LogP contribution in [0.4, 0.5) is 0 Å². The third kappa shape index (κ3) is 3.74. The lowest BCUT2D eigenvalue weighted by Gasteiger charge is -2.38. The average Bonchev–Trinajstić information content (AvgIpc) is 2.46. The van der Waals surface area contributed by atoms with Crippen LogP contribution in [0.25, 0.3) is 0 Å². The van der Waals surface area contributed by atoms with Crippen molar-refractivity contribution in [1.82, 2.24) is 18.8 Å². The predicted octanol–water partition coefficient (Wildman–Crippen LogP) is -0.675. The second-order valence-corrected chi connectivity index (χ2v) is 8.23. The lowest BCUT2D eigenvalue weighted by Crippen LogP contribution is -2.55. The molecule has 2 fully saturated rings. The first kappa shape index (κ1) is 16.7. The zero-order chi connectivity index (χ0) is 15.6. The van der Waals surface area contributed by atoms with Crippen molar-refractivity contribution in [3.63, 3.8) is 0 Å². The molecule has 0 radical (unpaired) electrons. The first-order valence-electron chi connectivity index (χ1n) is 7.52. The van der Waals surface area contributed by atoms with Gasteiger partial charge in [0, 0.05) is 52.2 Å².